The third-order valence-electron chi connectivity index (χ3n) is 5.42. The highest BCUT2D eigenvalue weighted by Crippen LogP contribution is 2.23. The Bertz CT molecular complexity index is 751. The molecule has 2 aliphatic heterocycles. The molecule has 1 N–H and O–H groups in total. The first-order valence-corrected chi connectivity index (χ1v) is 9.34. The molecule has 1 aromatic heterocycles. The molecule has 0 saturated carbocycles. The van der Waals surface area contributed by atoms with Gasteiger partial charge in [-0.15, -0.1) is 0 Å². The fourth-order valence-electron chi connectivity index (χ4n) is 4.04. The topological polar surface area (TPSA) is 59.4 Å². The minimum Gasteiger partial charge on any atom is -0.381 e. The summed E-state index contributed by atoms with van der Waals surface area (Å²) in [7, 11) is 0. The van der Waals surface area contributed by atoms with E-state index in [-0.39, 0.29) is 11.9 Å². The summed E-state index contributed by atoms with van der Waals surface area (Å²) >= 11 is 0. The van der Waals surface area contributed by atoms with Gasteiger partial charge in [-0.3, -0.25) is 9.48 Å². The smallest absolute Gasteiger partial charge is 0.240 e. The first kappa shape index (κ1) is 16.5. The van der Waals surface area contributed by atoms with E-state index in [0.717, 1.165) is 56.8 Å². The molecule has 1 unspecified atom stereocenters. The van der Waals surface area contributed by atoms with Crippen LogP contribution in [0.25, 0.3) is 10.9 Å². The number of benzene rings is 1. The molecule has 2 fully saturated rings. The van der Waals surface area contributed by atoms with Crippen LogP contribution < -0.4 is 5.32 Å². The number of nitrogens with zero attached hydrogens (tertiary/aromatic N) is 3. The maximum atomic E-state index is 12.7. The molecule has 1 amide bonds. The van der Waals surface area contributed by atoms with Crippen molar-refractivity contribution in [2.24, 2.45) is 0 Å². The van der Waals surface area contributed by atoms with Gasteiger partial charge in [0.1, 0.15) is 0 Å². The van der Waals surface area contributed by atoms with Gasteiger partial charge in [-0.05, 0) is 32.3 Å². The number of amides is 1. The number of carbonyl (C=O) groups is 1. The molecule has 0 radical (unpaired) electrons. The van der Waals surface area contributed by atoms with Gasteiger partial charge in [0.25, 0.3) is 0 Å². The highest BCUT2D eigenvalue weighted by atomic mass is 16.5. The summed E-state index contributed by atoms with van der Waals surface area (Å²) in [4.78, 5) is 14.8. The van der Waals surface area contributed by atoms with E-state index in [1.165, 1.54) is 5.39 Å². The van der Waals surface area contributed by atoms with Crippen molar-refractivity contribution in [2.75, 3.05) is 19.8 Å². The average Bonchev–Trinajstić information content (AvgIpc) is 3.21. The Labute approximate surface area is 148 Å². The first-order valence-electron chi connectivity index (χ1n) is 9.34. The number of likely N-dealkylation sites (tertiary alicyclic amines) is 1. The second-order valence-electron chi connectivity index (χ2n) is 6.88. The SMILES string of the molecule is CCn1nc(CNC2CCN(C3CCOCC3)C2=O)c2ccccc21. The van der Waals surface area contributed by atoms with Gasteiger partial charge in [-0.1, -0.05) is 18.2 Å². The van der Waals surface area contributed by atoms with Crippen LogP contribution in [0.2, 0.25) is 0 Å². The standard InChI is InChI=1S/C19H26N4O2/c1-2-23-18-6-4-3-5-15(18)17(21-23)13-20-16-7-10-22(19(16)24)14-8-11-25-12-9-14/h3-6,14,16,20H,2,7-13H2,1H3. The van der Waals surface area contributed by atoms with E-state index in [4.69, 9.17) is 9.84 Å². The maximum Gasteiger partial charge on any atom is 0.240 e. The molecule has 134 valence electrons. The number of para-hydroxylation sites is 1. The van der Waals surface area contributed by atoms with Crippen LogP contribution >= 0.6 is 0 Å². The summed E-state index contributed by atoms with van der Waals surface area (Å²) < 4.78 is 7.44. The lowest BCUT2D eigenvalue weighted by molar-refractivity contribution is -0.133. The number of fused-ring (bicyclic) bond motifs is 1. The van der Waals surface area contributed by atoms with Gasteiger partial charge < -0.3 is 15.0 Å². The van der Waals surface area contributed by atoms with Crippen LogP contribution in [0, 0.1) is 0 Å². The predicted molar refractivity (Wildman–Crippen MR) is 96.2 cm³/mol. The van der Waals surface area contributed by atoms with Crippen molar-refractivity contribution in [3.63, 3.8) is 0 Å². The molecule has 2 aromatic rings. The Hall–Kier alpha value is -1.92. The molecular weight excluding hydrogens is 316 g/mol. The molecule has 0 bridgehead atoms. The van der Waals surface area contributed by atoms with Crippen LogP contribution in [0.1, 0.15) is 31.9 Å². The predicted octanol–water partition coefficient (Wildman–Crippen LogP) is 1.93. The lowest BCUT2D eigenvalue weighted by Gasteiger charge is -2.31. The zero-order valence-electron chi connectivity index (χ0n) is 14.8. The lowest BCUT2D eigenvalue weighted by atomic mass is 10.1. The number of rotatable bonds is 5. The summed E-state index contributed by atoms with van der Waals surface area (Å²) in [6, 6.07) is 8.56. The van der Waals surface area contributed by atoms with Crippen molar-refractivity contribution in [1.82, 2.24) is 20.0 Å². The van der Waals surface area contributed by atoms with Crippen LogP contribution in [0.3, 0.4) is 0 Å². The third-order valence-corrected chi connectivity index (χ3v) is 5.42. The summed E-state index contributed by atoms with van der Waals surface area (Å²) in [5.74, 6) is 0.242. The van der Waals surface area contributed by atoms with E-state index in [1.54, 1.807) is 0 Å². The average molecular weight is 342 g/mol. The second kappa shape index (κ2) is 7.14. The van der Waals surface area contributed by atoms with Crippen LogP contribution in [0.5, 0.6) is 0 Å². The van der Waals surface area contributed by atoms with E-state index in [2.05, 4.69) is 29.3 Å². The van der Waals surface area contributed by atoms with E-state index >= 15 is 0 Å². The van der Waals surface area contributed by atoms with Crippen molar-refractivity contribution in [2.45, 2.75) is 51.4 Å². The number of hydrogen-bond acceptors (Lipinski definition) is 4. The highest BCUT2D eigenvalue weighted by molar-refractivity contribution is 5.85. The largest absolute Gasteiger partial charge is 0.381 e. The third kappa shape index (κ3) is 3.16. The molecule has 3 heterocycles. The van der Waals surface area contributed by atoms with Crippen LogP contribution in [0.4, 0.5) is 0 Å². The molecule has 4 rings (SSSR count). The molecule has 2 saturated heterocycles. The van der Waals surface area contributed by atoms with Gasteiger partial charge in [0.15, 0.2) is 0 Å². The fourth-order valence-corrected chi connectivity index (χ4v) is 4.04. The molecular formula is C19H26N4O2. The van der Waals surface area contributed by atoms with Crippen LogP contribution in [0.15, 0.2) is 24.3 Å². The van der Waals surface area contributed by atoms with E-state index < -0.39 is 0 Å². The normalized spacial score (nSPS) is 22.2. The molecule has 25 heavy (non-hydrogen) atoms. The van der Waals surface area contributed by atoms with Crippen LogP contribution in [-0.2, 0) is 22.6 Å². The number of aromatic nitrogens is 2. The minimum absolute atomic E-state index is 0.0895. The summed E-state index contributed by atoms with van der Waals surface area (Å²) in [5, 5.41) is 9.33. The van der Waals surface area contributed by atoms with Gasteiger partial charge >= 0.3 is 0 Å². The minimum atomic E-state index is -0.0895. The van der Waals surface area contributed by atoms with Crippen molar-refractivity contribution in [3.05, 3.63) is 30.0 Å². The molecule has 1 atom stereocenters. The Balaban J connectivity index is 1.43. The van der Waals surface area contributed by atoms with Crippen molar-refractivity contribution in [1.29, 1.82) is 0 Å². The maximum absolute atomic E-state index is 12.7. The van der Waals surface area contributed by atoms with Gasteiger partial charge in [-0.25, -0.2) is 0 Å². The quantitative estimate of drug-likeness (QED) is 0.902. The van der Waals surface area contributed by atoms with Gasteiger partial charge in [-0.2, -0.15) is 5.10 Å². The second-order valence-corrected chi connectivity index (χ2v) is 6.88. The van der Waals surface area contributed by atoms with Gasteiger partial charge in [0.05, 0.1) is 17.3 Å². The van der Waals surface area contributed by atoms with E-state index in [1.807, 2.05) is 16.8 Å². The summed E-state index contributed by atoms with van der Waals surface area (Å²) in [6.45, 7) is 5.97. The molecule has 0 spiro atoms. The number of hydrogen-bond donors (Lipinski definition) is 1. The zero-order valence-corrected chi connectivity index (χ0v) is 14.8. The Morgan fingerprint density at radius 1 is 1.24 bits per heavy atom. The van der Waals surface area contributed by atoms with E-state index in [9.17, 15) is 4.79 Å². The summed E-state index contributed by atoms with van der Waals surface area (Å²) in [5.41, 5.74) is 2.18. The van der Waals surface area contributed by atoms with Crippen LogP contribution in [-0.4, -0.2) is 52.4 Å². The molecule has 0 aliphatic carbocycles. The Morgan fingerprint density at radius 3 is 2.84 bits per heavy atom. The number of carbonyl (C=O) groups excluding carboxylic acids is 1. The lowest BCUT2D eigenvalue weighted by Crippen LogP contribution is -2.44. The number of aryl methyl sites for hydroxylation is 1. The Kier molecular flexibility index (Phi) is 4.72. The van der Waals surface area contributed by atoms with Crippen molar-refractivity contribution >= 4 is 16.8 Å². The highest BCUT2D eigenvalue weighted by Gasteiger charge is 2.36. The molecule has 1 aromatic carbocycles. The van der Waals surface area contributed by atoms with Gasteiger partial charge in [0, 0.05) is 44.3 Å². The zero-order chi connectivity index (χ0) is 17.2. The molecule has 6 heteroatoms. The molecule has 2 aliphatic rings. The van der Waals surface area contributed by atoms with Crippen molar-refractivity contribution in [3.8, 4) is 0 Å². The van der Waals surface area contributed by atoms with E-state index in [0.29, 0.717) is 12.6 Å². The van der Waals surface area contributed by atoms with Gasteiger partial charge in [0.2, 0.25) is 5.91 Å². The van der Waals surface area contributed by atoms with Crippen molar-refractivity contribution < 1.29 is 9.53 Å². The first-order chi connectivity index (χ1) is 12.3. The summed E-state index contributed by atoms with van der Waals surface area (Å²) in [6.07, 6.45) is 2.80. The Morgan fingerprint density at radius 2 is 2.04 bits per heavy atom. The molecule has 6 nitrogen and oxygen atoms in total. The fraction of sp³-hybridized carbons (Fsp3) is 0.579. The monoisotopic (exact) mass is 342 g/mol. The number of nitrogens with one attached hydrogen (secondary N) is 1. The number of ether oxygens (including phenoxy) is 1.